The quantitative estimate of drug-likeness (QED) is 0.726. The van der Waals surface area contributed by atoms with Crippen molar-refractivity contribution >= 4 is 11.5 Å². The van der Waals surface area contributed by atoms with Crippen molar-refractivity contribution in [3.05, 3.63) is 48.7 Å². The largest absolute Gasteiger partial charge is 0.379 e. The molecule has 5 rings (SSSR count). The predicted octanol–water partition coefficient (Wildman–Crippen LogP) is 2.31. The highest BCUT2D eigenvalue weighted by atomic mass is 16.5. The molecule has 2 aromatic heterocycles. The van der Waals surface area contributed by atoms with Crippen molar-refractivity contribution in [1.82, 2.24) is 19.5 Å². The summed E-state index contributed by atoms with van der Waals surface area (Å²) in [5.41, 5.74) is 3.04. The number of anilines is 1. The van der Waals surface area contributed by atoms with Gasteiger partial charge in [0.05, 0.1) is 25.1 Å². The predicted molar refractivity (Wildman–Crippen MR) is 101 cm³/mol. The molecule has 4 heterocycles. The minimum absolute atomic E-state index is 0.595. The van der Waals surface area contributed by atoms with E-state index in [1.165, 1.54) is 6.42 Å². The van der Waals surface area contributed by atoms with E-state index in [2.05, 4.69) is 45.2 Å². The number of aromatic nitrogens is 3. The highest BCUT2D eigenvalue weighted by Gasteiger charge is 2.30. The summed E-state index contributed by atoms with van der Waals surface area (Å²) in [5, 5.41) is 4.51. The van der Waals surface area contributed by atoms with E-state index in [0.29, 0.717) is 6.04 Å². The molecule has 0 radical (unpaired) electrons. The number of rotatable bonds is 3. The summed E-state index contributed by atoms with van der Waals surface area (Å²) < 4.78 is 7.47. The zero-order chi connectivity index (χ0) is 17.3. The summed E-state index contributed by atoms with van der Waals surface area (Å²) in [6.07, 6.45) is 3.02. The Balaban J connectivity index is 1.47. The molecule has 0 bridgehead atoms. The maximum Gasteiger partial charge on any atom is 0.157 e. The van der Waals surface area contributed by atoms with Gasteiger partial charge in [0.25, 0.3) is 0 Å². The van der Waals surface area contributed by atoms with Crippen LogP contribution in [-0.2, 0) is 4.74 Å². The van der Waals surface area contributed by atoms with Crippen LogP contribution in [0.4, 0.5) is 5.82 Å². The third-order valence-corrected chi connectivity index (χ3v) is 5.46. The molecule has 0 unspecified atom stereocenters. The summed E-state index contributed by atoms with van der Waals surface area (Å²) >= 11 is 0. The molecule has 0 spiro atoms. The van der Waals surface area contributed by atoms with Gasteiger partial charge in [0.15, 0.2) is 5.65 Å². The Labute approximate surface area is 153 Å². The van der Waals surface area contributed by atoms with Crippen molar-refractivity contribution in [3.63, 3.8) is 0 Å². The molecule has 3 aromatic rings. The van der Waals surface area contributed by atoms with E-state index in [-0.39, 0.29) is 0 Å². The maximum atomic E-state index is 5.51. The number of nitrogens with zero attached hydrogens (tertiary/aromatic N) is 5. The summed E-state index contributed by atoms with van der Waals surface area (Å²) in [6.45, 7) is 5.88. The molecule has 0 N–H and O–H groups in total. The molecular weight excluding hydrogens is 326 g/mol. The first-order valence-electron chi connectivity index (χ1n) is 9.35. The molecule has 2 aliphatic rings. The van der Waals surface area contributed by atoms with Crippen LogP contribution in [-0.4, -0.2) is 64.9 Å². The molecule has 2 aliphatic heterocycles. The van der Waals surface area contributed by atoms with Crippen molar-refractivity contribution in [2.75, 3.05) is 44.3 Å². The molecule has 1 aromatic carbocycles. The lowest BCUT2D eigenvalue weighted by Gasteiger charge is -2.32. The number of morpholine rings is 1. The lowest BCUT2D eigenvalue weighted by atomic mass is 10.1. The minimum atomic E-state index is 0.595. The van der Waals surface area contributed by atoms with E-state index in [1.807, 2.05) is 22.8 Å². The van der Waals surface area contributed by atoms with Gasteiger partial charge in [-0.05, 0) is 6.42 Å². The van der Waals surface area contributed by atoms with Gasteiger partial charge in [-0.3, -0.25) is 4.90 Å². The number of benzene rings is 1. The van der Waals surface area contributed by atoms with Gasteiger partial charge in [0.1, 0.15) is 5.82 Å². The third-order valence-electron chi connectivity index (χ3n) is 5.46. The average Bonchev–Trinajstić information content (AvgIpc) is 3.38. The monoisotopic (exact) mass is 349 g/mol. The van der Waals surface area contributed by atoms with Crippen LogP contribution in [0.1, 0.15) is 6.42 Å². The first kappa shape index (κ1) is 15.8. The molecule has 2 fully saturated rings. The highest BCUT2D eigenvalue weighted by molar-refractivity contribution is 5.67. The van der Waals surface area contributed by atoms with Crippen molar-refractivity contribution in [2.24, 2.45) is 0 Å². The average molecular weight is 349 g/mol. The number of hydrogen-bond donors (Lipinski definition) is 0. The standard InChI is InChI=1S/C20H23N5O/c1-2-4-16(5-3-1)18-14-20(25-19(22-18)6-8-21-25)24-9-7-17(15-24)23-10-12-26-13-11-23/h1-6,8,14,17H,7,9-13,15H2/t17-/m1/s1. The van der Waals surface area contributed by atoms with E-state index >= 15 is 0 Å². The lowest BCUT2D eigenvalue weighted by Crippen LogP contribution is -2.44. The van der Waals surface area contributed by atoms with Crippen molar-refractivity contribution in [3.8, 4) is 11.3 Å². The normalized spacial score (nSPS) is 21.5. The van der Waals surface area contributed by atoms with Crippen molar-refractivity contribution in [1.29, 1.82) is 0 Å². The Morgan fingerprint density at radius 1 is 1.00 bits per heavy atom. The summed E-state index contributed by atoms with van der Waals surface area (Å²) in [4.78, 5) is 9.82. The molecule has 2 saturated heterocycles. The van der Waals surface area contributed by atoms with Crippen molar-refractivity contribution in [2.45, 2.75) is 12.5 Å². The number of fused-ring (bicyclic) bond motifs is 1. The smallest absolute Gasteiger partial charge is 0.157 e. The molecule has 0 amide bonds. The van der Waals surface area contributed by atoms with Crippen LogP contribution < -0.4 is 4.90 Å². The van der Waals surface area contributed by atoms with E-state index in [0.717, 1.165) is 62.1 Å². The third kappa shape index (κ3) is 2.85. The van der Waals surface area contributed by atoms with Gasteiger partial charge in [0, 0.05) is 49.9 Å². The fourth-order valence-corrected chi connectivity index (χ4v) is 4.07. The van der Waals surface area contributed by atoms with Crippen LogP contribution in [0.15, 0.2) is 48.7 Å². The van der Waals surface area contributed by atoms with Gasteiger partial charge >= 0.3 is 0 Å². The van der Waals surface area contributed by atoms with Crippen LogP contribution >= 0.6 is 0 Å². The molecule has 0 aliphatic carbocycles. The van der Waals surface area contributed by atoms with Gasteiger partial charge in [-0.1, -0.05) is 30.3 Å². The minimum Gasteiger partial charge on any atom is -0.379 e. The highest BCUT2D eigenvalue weighted by Crippen LogP contribution is 2.28. The molecule has 26 heavy (non-hydrogen) atoms. The van der Waals surface area contributed by atoms with E-state index in [9.17, 15) is 0 Å². The Hall–Kier alpha value is -2.44. The van der Waals surface area contributed by atoms with E-state index in [4.69, 9.17) is 9.72 Å². The second-order valence-electron chi connectivity index (χ2n) is 7.00. The second kappa shape index (κ2) is 6.70. The van der Waals surface area contributed by atoms with Gasteiger partial charge in [-0.2, -0.15) is 9.61 Å². The fraction of sp³-hybridized carbons (Fsp3) is 0.400. The Bertz CT molecular complexity index is 888. The van der Waals surface area contributed by atoms with E-state index < -0.39 is 0 Å². The molecular formula is C20H23N5O. The number of ether oxygens (including phenoxy) is 1. The maximum absolute atomic E-state index is 5.51. The number of hydrogen-bond acceptors (Lipinski definition) is 5. The zero-order valence-electron chi connectivity index (χ0n) is 14.8. The first-order valence-corrected chi connectivity index (χ1v) is 9.35. The Morgan fingerprint density at radius 3 is 2.69 bits per heavy atom. The molecule has 6 heteroatoms. The van der Waals surface area contributed by atoms with Gasteiger partial charge in [-0.25, -0.2) is 4.98 Å². The topological polar surface area (TPSA) is 45.9 Å². The second-order valence-corrected chi connectivity index (χ2v) is 7.00. The summed E-state index contributed by atoms with van der Waals surface area (Å²) in [6, 6.07) is 15.1. The Kier molecular flexibility index (Phi) is 4.07. The molecule has 0 saturated carbocycles. The lowest BCUT2D eigenvalue weighted by molar-refractivity contribution is 0.0209. The van der Waals surface area contributed by atoms with Gasteiger partial charge < -0.3 is 9.64 Å². The van der Waals surface area contributed by atoms with E-state index in [1.54, 1.807) is 0 Å². The fourth-order valence-electron chi connectivity index (χ4n) is 4.07. The van der Waals surface area contributed by atoms with Crippen LogP contribution in [0.2, 0.25) is 0 Å². The van der Waals surface area contributed by atoms with Crippen LogP contribution in [0, 0.1) is 0 Å². The SMILES string of the molecule is c1ccc(-c2cc(N3CC[C@@H](N4CCOCC4)C3)n3nccc3n2)cc1. The van der Waals surface area contributed by atoms with Crippen LogP contribution in [0.5, 0.6) is 0 Å². The molecule has 134 valence electrons. The van der Waals surface area contributed by atoms with Crippen molar-refractivity contribution < 1.29 is 4.74 Å². The molecule has 6 nitrogen and oxygen atoms in total. The summed E-state index contributed by atoms with van der Waals surface area (Å²) in [5.74, 6) is 1.13. The summed E-state index contributed by atoms with van der Waals surface area (Å²) in [7, 11) is 0. The zero-order valence-corrected chi connectivity index (χ0v) is 14.8. The van der Waals surface area contributed by atoms with Crippen LogP contribution in [0.3, 0.4) is 0 Å². The molecule has 1 atom stereocenters. The first-order chi connectivity index (χ1) is 12.9. The van der Waals surface area contributed by atoms with Crippen LogP contribution in [0.25, 0.3) is 16.9 Å². The van der Waals surface area contributed by atoms with Gasteiger partial charge in [0.2, 0.25) is 0 Å². The Morgan fingerprint density at radius 2 is 1.85 bits per heavy atom. The van der Waals surface area contributed by atoms with Gasteiger partial charge in [-0.15, -0.1) is 0 Å².